The summed E-state index contributed by atoms with van der Waals surface area (Å²) in [6.07, 6.45) is -1.14. The molecule has 0 aliphatic carbocycles. The number of rotatable bonds is 5. The maximum absolute atomic E-state index is 12.4. The van der Waals surface area contributed by atoms with Crippen molar-refractivity contribution in [3.05, 3.63) is 0 Å². The molecule has 0 aromatic carbocycles. The van der Waals surface area contributed by atoms with Gasteiger partial charge in [0.2, 0.25) is 0 Å². The van der Waals surface area contributed by atoms with E-state index in [1.807, 2.05) is 0 Å². The molecule has 1 atom stereocenters. The van der Waals surface area contributed by atoms with Crippen LogP contribution in [0.15, 0.2) is 4.99 Å². The Morgan fingerprint density at radius 1 is 1.24 bits per heavy atom. The number of nitrogens with one attached hydrogen (secondary N) is 2. The fraction of sp³-hybridized carbons (Fsp3) is 0.933. The smallest absolute Gasteiger partial charge is 0.356 e. The molecule has 0 radical (unpaired) electrons. The third-order valence-electron chi connectivity index (χ3n) is 4.75. The zero-order valence-corrected chi connectivity index (χ0v) is 15.3. The summed E-state index contributed by atoms with van der Waals surface area (Å²) in [7, 11) is -1.30. The number of sulfone groups is 1. The Morgan fingerprint density at radius 2 is 1.92 bits per heavy atom. The predicted octanol–water partition coefficient (Wildman–Crippen LogP) is 1.00. The van der Waals surface area contributed by atoms with Gasteiger partial charge in [-0.05, 0) is 44.7 Å². The maximum Gasteiger partial charge on any atom is 0.401 e. The first-order chi connectivity index (χ1) is 11.7. The molecule has 2 aliphatic heterocycles. The van der Waals surface area contributed by atoms with Gasteiger partial charge < -0.3 is 10.6 Å². The van der Waals surface area contributed by atoms with Gasteiger partial charge in [0.15, 0.2) is 15.8 Å². The van der Waals surface area contributed by atoms with Crippen LogP contribution >= 0.6 is 0 Å². The standard InChI is InChI=1S/C15H27F3N4O2S/c1-19-14(21-13-5-9-25(23,24)10-13)20-6-2-12-3-7-22(8-4-12)11-15(16,17)18/h12-13H,2-11H2,1H3,(H2,19,20,21). The topological polar surface area (TPSA) is 73.8 Å². The van der Waals surface area contributed by atoms with Gasteiger partial charge in [-0.2, -0.15) is 13.2 Å². The summed E-state index contributed by atoms with van der Waals surface area (Å²) in [5.74, 6) is 1.32. The van der Waals surface area contributed by atoms with Crippen LogP contribution in [0.3, 0.4) is 0 Å². The molecule has 0 aromatic heterocycles. The van der Waals surface area contributed by atoms with Crippen molar-refractivity contribution in [1.29, 1.82) is 0 Å². The summed E-state index contributed by atoms with van der Waals surface area (Å²) in [5.41, 5.74) is 0. The second-order valence-electron chi connectivity index (χ2n) is 6.87. The van der Waals surface area contributed by atoms with E-state index in [1.165, 1.54) is 4.90 Å². The molecule has 2 saturated heterocycles. The first-order valence-corrected chi connectivity index (χ1v) is 10.5. The number of alkyl halides is 3. The van der Waals surface area contributed by atoms with E-state index < -0.39 is 22.6 Å². The van der Waals surface area contributed by atoms with Crippen LogP contribution in [-0.4, -0.2) is 76.2 Å². The molecular weight excluding hydrogens is 357 g/mol. The van der Waals surface area contributed by atoms with Crippen LogP contribution in [0.4, 0.5) is 13.2 Å². The second kappa shape index (κ2) is 8.57. The van der Waals surface area contributed by atoms with Crippen molar-refractivity contribution >= 4 is 15.8 Å². The van der Waals surface area contributed by atoms with E-state index in [4.69, 9.17) is 0 Å². The molecule has 25 heavy (non-hydrogen) atoms. The van der Waals surface area contributed by atoms with E-state index in [2.05, 4.69) is 15.6 Å². The Labute approximate surface area is 147 Å². The third-order valence-corrected chi connectivity index (χ3v) is 6.52. The lowest BCUT2D eigenvalue weighted by atomic mass is 9.93. The number of guanidine groups is 1. The molecule has 2 rings (SSSR count). The molecule has 2 fully saturated rings. The fourth-order valence-corrected chi connectivity index (χ4v) is 5.05. The lowest BCUT2D eigenvalue weighted by Crippen LogP contribution is -2.45. The van der Waals surface area contributed by atoms with Crippen LogP contribution < -0.4 is 10.6 Å². The first kappa shape index (κ1) is 20.3. The SMILES string of the molecule is CN=C(NCCC1CCN(CC(F)(F)F)CC1)NC1CCS(=O)(=O)C1. The molecule has 0 aromatic rings. The average Bonchev–Trinajstić information content (AvgIpc) is 2.85. The summed E-state index contributed by atoms with van der Waals surface area (Å²) in [5, 5.41) is 6.29. The minimum atomic E-state index is -4.12. The van der Waals surface area contributed by atoms with Crippen LogP contribution in [0.1, 0.15) is 25.7 Å². The summed E-state index contributed by atoms with van der Waals surface area (Å²) < 4.78 is 60.1. The lowest BCUT2D eigenvalue weighted by molar-refractivity contribution is -0.148. The average molecular weight is 384 g/mol. The van der Waals surface area contributed by atoms with Crippen molar-refractivity contribution in [2.45, 2.75) is 37.9 Å². The van der Waals surface area contributed by atoms with E-state index in [1.54, 1.807) is 7.05 Å². The zero-order chi connectivity index (χ0) is 18.5. The summed E-state index contributed by atoms with van der Waals surface area (Å²) >= 11 is 0. The van der Waals surface area contributed by atoms with Crippen molar-refractivity contribution in [3.8, 4) is 0 Å². The predicted molar refractivity (Wildman–Crippen MR) is 91.4 cm³/mol. The van der Waals surface area contributed by atoms with Gasteiger partial charge in [0, 0.05) is 19.6 Å². The zero-order valence-electron chi connectivity index (χ0n) is 14.5. The van der Waals surface area contributed by atoms with Crippen LogP contribution in [-0.2, 0) is 9.84 Å². The van der Waals surface area contributed by atoms with Crippen molar-refractivity contribution in [1.82, 2.24) is 15.5 Å². The molecular formula is C15H27F3N4O2S. The quantitative estimate of drug-likeness (QED) is 0.547. The number of likely N-dealkylation sites (tertiary alicyclic amines) is 1. The van der Waals surface area contributed by atoms with Gasteiger partial charge >= 0.3 is 6.18 Å². The number of halogens is 3. The largest absolute Gasteiger partial charge is 0.401 e. The van der Waals surface area contributed by atoms with Gasteiger partial charge in [-0.1, -0.05) is 0 Å². The monoisotopic (exact) mass is 384 g/mol. The Balaban J connectivity index is 1.63. The molecule has 0 saturated carbocycles. The van der Waals surface area contributed by atoms with Gasteiger partial charge in [-0.15, -0.1) is 0 Å². The molecule has 0 bridgehead atoms. The highest BCUT2D eigenvalue weighted by molar-refractivity contribution is 7.91. The number of piperidine rings is 1. The molecule has 2 N–H and O–H groups in total. The third kappa shape index (κ3) is 7.39. The highest BCUT2D eigenvalue weighted by Crippen LogP contribution is 2.23. The summed E-state index contributed by atoms with van der Waals surface area (Å²) in [4.78, 5) is 5.56. The molecule has 2 heterocycles. The lowest BCUT2D eigenvalue weighted by Gasteiger charge is -2.32. The Hall–Kier alpha value is -1.03. The van der Waals surface area contributed by atoms with Crippen molar-refractivity contribution in [2.24, 2.45) is 10.9 Å². The maximum atomic E-state index is 12.4. The number of hydrogen-bond donors (Lipinski definition) is 2. The van der Waals surface area contributed by atoms with Gasteiger partial charge in [0.1, 0.15) is 0 Å². The van der Waals surface area contributed by atoms with E-state index in [9.17, 15) is 21.6 Å². The molecule has 6 nitrogen and oxygen atoms in total. The minimum Gasteiger partial charge on any atom is -0.356 e. The normalized spacial score (nSPS) is 25.9. The highest BCUT2D eigenvalue weighted by atomic mass is 32.2. The second-order valence-corrected chi connectivity index (χ2v) is 9.10. The first-order valence-electron chi connectivity index (χ1n) is 8.63. The Bertz CT molecular complexity index is 558. The van der Waals surface area contributed by atoms with Gasteiger partial charge in [-0.25, -0.2) is 8.42 Å². The highest BCUT2D eigenvalue weighted by Gasteiger charge is 2.32. The van der Waals surface area contributed by atoms with Gasteiger partial charge in [0.05, 0.1) is 18.1 Å². The van der Waals surface area contributed by atoms with Crippen LogP contribution in [0, 0.1) is 5.92 Å². The molecule has 10 heteroatoms. The van der Waals surface area contributed by atoms with Crippen molar-refractivity contribution in [2.75, 3.05) is 44.7 Å². The molecule has 0 amide bonds. The van der Waals surface area contributed by atoms with Gasteiger partial charge in [-0.3, -0.25) is 9.89 Å². The van der Waals surface area contributed by atoms with Crippen LogP contribution in [0.25, 0.3) is 0 Å². The molecule has 0 spiro atoms. The van der Waals surface area contributed by atoms with E-state index in [0.717, 1.165) is 19.3 Å². The number of hydrogen-bond acceptors (Lipinski definition) is 4. The minimum absolute atomic E-state index is 0.109. The van der Waals surface area contributed by atoms with Crippen LogP contribution in [0.5, 0.6) is 0 Å². The molecule has 1 unspecified atom stereocenters. The van der Waals surface area contributed by atoms with Crippen molar-refractivity contribution in [3.63, 3.8) is 0 Å². The van der Waals surface area contributed by atoms with E-state index in [-0.39, 0.29) is 17.5 Å². The molecule has 146 valence electrons. The van der Waals surface area contributed by atoms with E-state index >= 15 is 0 Å². The van der Waals surface area contributed by atoms with Gasteiger partial charge in [0.25, 0.3) is 0 Å². The fourth-order valence-electron chi connectivity index (χ4n) is 3.38. The summed E-state index contributed by atoms with van der Waals surface area (Å²) in [6, 6.07) is -0.109. The Kier molecular flexibility index (Phi) is 6.95. The number of nitrogens with zero attached hydrogens (tertiary/aromatic N) is 2. The van der Waals surface area contributed by atoms with Crippen LogP contribution in [0.2, 0.25) is 0 Å². The number of aliphatic imine (C=N–C) groups is 1. The van der Waals surface area contributed by atoms with E-state index in [0.29, 0.717) is 37.9 Å². The summed E-state index contributed by atoms with van der Waals surface area (Å²) in [6.45, 7) is 0.816. The molecule has 2 aliphatic rings. The van der Waals surface area contributed by atoms with Crippen molar-refractivity contribution < 1.29 is 21.6 Å². The Morgan fingerprint density at radius 3 is 2.44 bits per heavy atom.